The number of benzene rings is 1. The molecule has 0 fully saturated rings. The van der Waals surface area contributed by atoms with Gasteiger partial charge in [-0.1, -0.05) is 0 Å². The number of nitrogens with one attached hydrogen (secondary N) is 1. The molecule has 0 atom stereocenters. The number of aryl methyl sites for hydroxylation is 2. The number of aromatic nitrogens is 2. The average Bonchev–Trinajstić information content (AvgIpc) is 2.54. The Morgan fingerprint density at radius 2 is 2.12 bits per heavy atom. The van der Waals surface area contributed by atoms with Crippen LogP contribution in [0, 0.1) is 16.3 Å². The third-order valence-electron chi connectivity index (χ3n) is 2.38. The van der Waals surface area contributed by atoms with E-state index < -0.39 is 0 Å². The average molecular weight is 346 g/mol. The number of nitrogens with two attached hydrogens (primary N) is 1. The largest absolute Gasteiger partial charge is 0.397 e. The molecule has 0 bridgehead atoms. The van der Waals surface area contributed by atoms with E-state index in [2.05, 4.69) is 10.4 Å². The van der Waals surface area contributed by atoms with Gasteiger partial charge in [0.2, 0.25) is 0 Å². The van der Waals surface area contributed by atoms with Crippen LogP contribution in [0.2, 0.25) is 0 Å². The highest BCUT2D eigenvalue weighted by Gasteiger charge is 2.09. The Bertz CT molecular complexity index is 565. The number of hydrogen-bond acceptors (Lipinski definition) is 3. The van der Waals surface area contributed by atoms with E-state index in [0.29, 0.717) is 14.9 Å². The van der Waals surface area contributed by atoms with Gasteiger partial charge in [0.15, 0.2) is 0 Å². The zero-order chi connectivity index (χ0) is 12.6. The Balaban J connectivity index is 2.36. The minimum absolute atomic E-state index is 0.288. The van der Waals surface area contributed by atoms with E-state index in [-0.39, 0.29) is 5.82 Å². The van der Waals surface area contributed by atoms with Crippen LogP contribution in [0.15, 0.2) is 18.3 Å². The molecule has 4 nitrogen and oxygen atoms in total. The summed E-state index contributed by atoms with van der Waals surface area (Å²) >= 11 is 1.91. The predicted molar refractivity (Wildman–Crippen MR) is 74.8 cm³/mol. The van der Waals surface area contributed by atoms with Crippen LogP contribution in [0.5, 0.6) is 0 Å². The molecule has 0 spiro atoms. The highest BCUT2D eigenvalue weighted by Crippen LogP contribution is 2.28. The van der Waals surface area contributed by atoms with Gasteiger partial charge in [0.1, 0.15) is 5.82 Å². The molecule has 1 aromatic carbocycles. The van der Waals surface area contributed by atoms with Crippen molar-refractivity contribution in [3.05, 3.63) is 33.4 Å². The molecule has 0 amide bonds. The summed E-state index contributed by atoms with van der Waals surface area (Å²) in [6, 6.07) is 2.99. The zero-order valence-corrected chi connectivity index (χ0v) is 11.6. The topological polar surface area (TPSA) is 55.9 Å². The molecule has 3 N–H and O–H groups in total. The summed E-state index contributed by atoms with van der Waals surface area (Å²) in [6.45, 7) is 1.88. The highest BCUT2D eigenvalue weighted by molar-refractivity contribution is 14.1. The van der Waals surface area contributed by atoms with E-state index in [1.807, 2.05) is 42.8 Å². The number of halogens is 2. The maximum Gasteiger partial charge on any atom is 0.138 e. The smallest absolute Gasteiger partial charge is 0.138 e. The van der Waals surface area contributed by atoms with Crippen molar-refractivity contribution in [1.29, 1.82) is 0 Å². The molecule has 0 aliphatic rings. The fourth-order valence-electron chi connectivity index (χ4n) is 1.54. The second kappa shape index (κ2) is 4.52. The molecule has 1 heterocycles. The first-order chi connectivity index (χ1) is 7.97. The van der Waals surface area contributed by atoms with E-state index >= 15 is 0 Å². The lowest BCUT2D eigenvalue weighted by molar-refractivity contribution is 0.621. The minimum Gasteiger partial charge on any atom is -0.397 e. The molecule has 17 heavy (non-hydrogen) atoms. The first-order valence-corrected chi connectivity index (χ1v) is 6.07. The van der Waals surface area contributed by atoms with E-state index in [4.69, 9.17) is 5.73 Å². The van der Waals surface area contributed by atoms with Gasteiger partial charge in [-0.2, -0.15) is 5.10 Å². The zero-order valence-electron chi connectivity index (χ0n) is 9.46. The lowest BCUT2D eigenvalue weighted by Crippen LogP contribution is -1.99. The molecule has 90 valence electrons. The van der Waals surface area contributed by atoms with Crippen LogP contribution in [0.1, 0.15) is 5.69 Å². The Labute approximate surface area is 112 Å². The summed E-state index contributed by atoms with van der Waals surface area (Å²) < 4.78 is 15.6. The Morgan fingerprint density at radius 1 is 1.41 bits per heavy atom. The first-order valence-electron chi connectivity index (χ1n) is 4.99. The second-order valence-corrected chi connectivity index (χ2v) is 4.94. The number of nitrogen functional groups attached to an aromatic ring is 1. The van der Waals surface area contributed by atoms with Crippen LogP contribution in [-0.4, -0.2) is 9.78 Å². The molecule has 0 aliphatic heterocycles. The van der Waals surface area contributed by atoms with Crippen LogP contribution < -0.4 is 11.1 Å². The van der Waals surface area contributed by atoms with Crippen molar-refractivity contribution in [2.75, 3.05) is 11.1 Å². The van der Waals surface area contributed by atoms with Crippen molar-refractivity contribution in [2.45, 2.75) is 6.92 Å². The second-order valence-electron chi connectivity index (χ2n) is 3.78. The molecule has 2 aromatic rings. The van der Waals surface area contributed by atoms with Crippen LogP contribution in [0.3, 0.4) is 0 Å². The number of rotatable bonds is 2. The van der Waals surface area contributed by atoms with E-state index in [9.17, 15) is 4.39 Å². The van der Waals surface area contributed by atoms with Gasteiger partial charge in [-0.15, -0.1) is 0 Å². The maximum atomic E-state index is 13.4. The van der Waals surface area contributed by atoms with Gasteiger partial charge in [-0.25, -0.2) is 4.39 Å². The summed E-state index contributed by atoms with van der Waals surface area (Å²) in [7, 11) is 1.83. The molecule has 1 aromatic heterocycles. The third-order valence-corrected chi connectivity index (χ3v) is 3.20. The van der Waals surface area contributed by atoms with Crippen molar-refractivity contribution in [3.63, 3.8) is 0 Å². The molecule has 0 radical (unpaired) electrons. The van der Waals surface area contributed by atoms with Crippen LogP contribution in [0.25, 0.3) is 0 Å². The number of hydrogen-bond donors (Lipinski definition) is 2. The molecule has 0 saturated carbocycles. The van der Waals surface area contributed by atoms with Crippen LogP contribution >= 0.6 is 22.6 Å². The first kappa shape index (κ1) is 12.2. The quantitative estimate of drug-likeness (QED) is 0.650. The fourth-order valence-corrected chi connectivity index (χ4v) is 2.03. The Hall–Kier alpha value is -1.31. The van der Waals surface area contributed by atoms with E-state index in [1.165, 1.54) is 6.07 Å². The van der Waals surface area contributed by atoms with Crippen molar-refractivity contribution in [3.8, 4) is 0 Å². The van der Waals surface area contributed by atoms with E-state index in [1.54, 1.807) is 10.7 Å². The Morgan fingerprint density at radius 3 is 2.71 bits per heavy atom. The lowest BCUT2D eigenvalue weighted by atomic mass is 10.2. The van der Waals surface area contributed by atoms with Crippen molar-refractivity contribution < 1.29 is 4.39 Å². The predicted octanol–water partition coefficient (Wildman–Crippen LogP) is 2.80. The lowest BCUT2D eigenvalue weighted by Gasteiger charge is -2.09. The van der Waals surface area contributed by atoms with Gasteiger partial charge in [0.05, 0.1) is 26.3 Å². The monoisotopic (exact) mass is 346 g/mol. The minimum atomic E-state index is -0.288. The van der Waals surface area contributed by atoms with Gasteiger partial charge in [-0.05, 0) is 35.6 Å². The standard InChI is InChI=1S/C11H12FIN4/c1-6-11(5-17(2)16-6)15-10-3-7(12)8(13)4-9(10)14/h3-5,15H,14H2,1-2H3. The highest BCUT2D eigenvalue weighted by atomic mass is 127. The van der Waals surface area contributed by atoms with Crippen molar-refractivity contribution in [2.24, 2.45) is 7.05 Å². The fraction of sp³-hybridized carbons (Fsp3) is 0.182. The summed E-state index contributed by atoms with van der Waals surface area (Å²) in [4.78, 5) is 0. The van der Waals surface area contributed by atoms with Crippen molar-refractivity contribution in [1.82, 2.24) is 9.78 Å². The SMILES string of the molecule is Cc1nn(C)cc1Nc1cc(F)c(I)cc1N. The van der Waals surface area contributed by atoms with Gasteiger partial charge < -0.3 is 11.1 Å². The molecule has 0 saturated heterocycles. The molecule has 6 heteroatoms. The number of nitrogens with zero attached hydrogens (tertiary/aromatic N) is 2. The van der Waals surface area contributed by atoms with Crippen molar-refractivity contribution >= 4 is 39.7 Å². The molecular weight excluding hydrogens is 334 g/mol. The summed E-state index contributed by atoms with van der Waals surface area (Å²) in [5.41, 5.74) is 8.56. The molecular formula is C11H12FIN4. The summed E-state index contributed by atoms with van der Waals surface area (Å²) in [5, 5.41) is 7.27. The van der Waals surface area contributed by atoms with Gasteiger partial charge >= 0.3 is 0 Å². The van der Waals surface area contributed by atoms with Crippen LogP contribution in [-0.2, 0) is 7.05 Å². The van der Waals surface area contributed by atoms with Gasteiger partial charge in [0, 0.05) is 19.3 Å². The molecule has 0 unspecified atom stereocenters. The molecule has 0 aliphatic carbocycles. The Kier molecular flexibility index (Phi) is 3.23. The van der Waals surface area contributed by atoms with Gasteiger partial charge in [-0.3, -0.25) is 4.68 Å². The van der Waals surface area contributed by atoms with E-state index in [0.717, 1.165) is 11.4 Å². The van der Waals surface area contributed by atoms with Crippen LogP contribution in [0.4, 0.5) is 21.5 Å². The maximum absolute atomic E-state index is 13.4. The summed E-state index contributed by atoms with van der Waals surface area (Å²) in [5.74, 6) is -0.288. The molecule has 2 rings (SSSR count). The number of anilines is 3. The van der Waals surface area contributed by atoms with Gasteiger partial charge in [0.25, 0.3) is 0 Å². The normalized spacial score (nSPS) is 10.6. The summed E-state index contributed by atoms with van der Waals surface area (Å²) in [6.07, 6.45) is 1.82. The third kappa shape index (κ3) is 2.51.